The van der Waals surface area contributed by atoms with Gasteiger partial charge in [-0.15, -0.1) is 12.3 Å². The first-order valence-corrected chi connectivity index (χ1v) is 5.74. The summed E-state index contributed by atoms with van der Waals surface area (Å²) < 4.78 is 10.8. The lowest BCUT2D eigenvalue weighted by Gasteiger charge is -2.23. The van der Waals surface area contributed by atoms with E-state index < -0.39 is 11.6 Å². The Bertz CT molecular complexity index is 397. The lowest BCUT2D eigenvalue weighted by atomic mass is 10.0. The van der Waals surface area contributed by atoms with Crippen molar-refractivity contribution in [1.29, 1.82) is 0 Å². The molecule has 1 heterocycles. The van der Waals surface area contributed by atoms with Crippen LogP contribution in [0.25, 0.3) is 0 Å². The second kappa shape index (κ2) is 5.80. The van der Waals surface area contributed by atoms with E-state index in [1.54, 1.807) is 0 Å². The van der Waals surface area contributed by atoms with Gasteiger partial charge in [0.2, 0.25) is 11.7 Å². The number of aromatic nitrogens is 2. The van der Waals surface area contributed by atoms with Crippen molar-refractivity contribution in [2.24, 2.45) is 5.73 Å². The molecule has 2 atom stereocenters. The first-order chi connectivity index (χ1) is 8.07. The molecule has 0 amide bonds. The van der Waals surface area contributed by atoms with Gasteiger partial charge < -0.3 is 15.0 Å². The molecule has 0 bridgehead atoms. The van der Waals surface area contributed by atoms with Gasteiger partial charge in [-0.1, -0.05) is 12.1 Å². The van der Waals surface area contributed by atoms with Crippen LogP contribution in [-0.4, -0.2) is 16.7 Å². The monoisotopic (exact) mass is 237 g/mol. The fourth-order valence-corrected chi connectivity index (χ4v) is 1.46. The van der Waals surface area contributed by atoms with E-state index in [4.69, 9.17) is 21.4 Å². The maximum atomic E-state index is 5.80. The number of nitrogens with zero attached hydrogens (tertiary/aromatic N) is 2. The predicted octanol–water partition coefficient (Wildman–Crippen LogP) is 1.75. The molecule has 17 heavy (non-hydrogen) atoms. The van der Waals surface area contributed by atoms with Gasteiger partial charge in [-0.2, -0.15) is 4.98 Å². The molecule has 0 aliphatic heterocycles. The van der Waals surface area contributed by atoms with Gasteiger partial charge in [0.15, 0.2) is 0 Å². The van der Waals surface area contributed by atoms with E-state index in [-0.39, 0.29) is 0 Å². The van der Waals surface area contributed by atoms with Gasteiger partial charge in [-0.25, -0.2) is 0 Å². The highest BCUT2D eigenvalue weighted by Gasteiger charge is 2.31. The first kappa shape index (κ1) is 13.7. The van der Waals surface area contributed by atoms with Crippen molar-refractivity contribution in [2.45, 2.75) is 45.3 Å². The second-order valence-corrected chi connectivity index (χ2v) is 3.99. The van der Waals surface area contributed by atoms with Crippen molar-refractivity contribution in [2.75, 3.05) is 6.61 Å². The van der Waals surface area contributed by atoms with E-state index in [0.29, 0.717) is 24.7 Å². The van der Waals surface area contributed by atoms with E-state index in [9.17, 15) is 0 Å². The Balaban J connectivity index is 2.89. The van der Waals surface area contributed by atoms with Crippen LogP contribution in [0.3, 0.4) is 0 Å². The standard InChI is InChI=1S/C12H19N3O2/c1-5-8-9(13)10-14-11(15-17-10)12(4,6-2)16-7-3/h1,9H,6-8,13H2,2-4H3. The highest BCUT2D eigenvalue weighted by atomic mass is 16.5. The molecule has 0 spiro atoms. The third-order valence-electron chi connectivity index (χ3n) is 2.71. The van der Waals surface area contributed by atoms with Crippen molar-refractivity contribution in [3.05, 3.63) is 11.7 Å². The highest BCUT2D eigenvalue weighted by Crippen LogP contribution is 2.27. The summed E-state index contributed by atoms with van der Waals surface area (Å²) in [6, 6.07) is -0.413. The smallest absolute Gasteiger partial charge is 0.244 e. The summed E-state index contributed by atoms with van der Waals surface area (Å²) in [5.74, 6) is 3.35. The van der Waals surface area contributed by atoms with Gasteiger partial charge in [-0.3, -0.25) is 0 Å². The van der Waals surface area contributed by atoms with E-state index >= 15 is 0 Å². The number of hydrogen-bond acceptors (Lipinski definition) is 5. The predicted molar refractivity (Wildman–Crippen MR) is 63.9 cm³/mol. The van der Waals surface area contributed by atoms with Crippen LogP contribution < -0.4 is 5.73 Å². The first-order valence-electron chi connectivity index (χ1n) is 5.74. The zero-order chi connectivity index (χ0) is 12.9. The van der Waals surface area contributed by atoms with Crippen LogP contribution in [-0.2, 0) is 10.3 Å². The summed E-state index contributed by atoms with van der Waals surface area (Å²) in [7, 11) is 0. The molecule has 0 radical (unpaired) electrons. The SMILES string of the molecule is C#CCC(N)c1nc(C(C)(CC)OCC)no1. The lowest BCUT2D eigenvalue weighted by Crippen LogP contribution is -2.26. The highest BCUT2D eigenvalue weighted by molar-refractivity contribution is 5.03. The van der Waals surface area contributed by atoms with Crippen molar-refractivity contribution < 1.29 is 9.26 Å². The molecule has 1 aromatic heterocycles. The summed E-state index contributed by atoms with van der Waals surface area (Å²) in [6.45, 7) is 6.45. The third-order valence-corrected chi connectivity index (χ3v) is 2.71. The van der Waals surface area contributed by atoms with Crippen molar-refractivity contribution in [1.82, 2.24) is 10.1 Å². The Morgan fingerprint density at radius 3 is 2.82 bits per heavy atom. The van der Waals surface area contributed by atoms with E-state index in [2.05, 4.69) is 16.1 Å². The minimum Gasteiger partial charge on any atom is -0.367 e. The fourth-order valence-electron chi connectivity index (χ4n) is 1.46. The molecule has 0 saturated carbocycles. The lowest BCUT2D eigenvalue weighted by molar-refractivity contribution is -0.0403. The Hall–Kier alpha value is -1.38. The van der Waals surface area contributed by atoms with Crippen LogP contribution >= 0.6 is 0 Å². The molecule has 2 N–H and O–H groups in total. The third kappa shape index (κ3) is 3.05. The van der Waals surface area contributed by atoms with Crippen LogP contribution in [0, 0.1) is 12.3 Å². The molecular weight excluding hydrogens is 218 g/mol. The van der Waals surface area contributed by atoms with Gasteiger partial charge in [-0.05, 0) is 20.3 Å². The number of hydrogen-bond donors (Lipinski definition) is 1. The van der Waals surface area contributed by atoms with Gasteiger partial charge in [0.1, 0.15) is 5.60 Å². The summed E-state index contributed by atoms with van der Waals surface area (Å²) in [5, 5.41) is 3.92. The summed E-state index contributed by atoms with van der Waals surface area (Å²) in [4.78, 5) is 4.27. The number of ether oxygens (including phenoxy) is 1. The summed E-state index contributed by atoms with van der Waals surface area (Å²) >= 11 is 0. The van der Waals surface area contributed by atoms with Crippen molar-refractivity contribution in [3.63, 3.8) is 0 Å². The zero-order valence-electron chi connectivity index (χ0n) is 10.6. The Morgan fingerprint density at radius 1 is 1.59 bits per heavy atom. The molecule has 0 fully saturated rings. The fraction of sp³-hybridized carbons (Fsp3) is 0.667. The van der Waals surface area contributed by atoms with Crippen LogP contribution in [0.1, 0.15) is 51.4 Å². The van der Waals surface area contributed by atoms with Crippen LogP contribution in [0.5, 0.6) is 0 Å². The Labute approximate surface area is 102 Å². The molecule has 0 aliphatic carbocycles. The van der Waals surface area contributed by atoms with Crippen LogP contribution in [0.15, 0.2) is 4.52 Å². The molecule has 0 aliphatic rings. The quantitative estimate of drug-likeness (QED) is 0.763. The number of terminal acetylenes is 1. The van der Waals surface area contributed by atoms with Gasteiger partial charge in [0.05, 0.1) is 6.04 Å². The molecule has 1 aromatic rings. The van der Waals surface area contributed by atoms with Crippen molar-refractivity contribution in [3.8, 4) is 12.3 Å². The van der Waals surface area contributed by atoms with Crippen LogP contribution in [0.2, 0.25) is 0 Å². The molecule has 0 saturated heterocycles. The van der Waals surface area contributed by atoms with Crippen LogP contribution in [0.4, 0.5) is 0 Å². The topological polar surface area (TPSA) is 74.2 Å². The maximum Gasteiger partial charge on any atom is 0.244 e. The molecule has 0 aromatic carbocycles. The number of nitrogens with two attached hydrogens (primary N) is 1. The zero-order valence-corrected chi connectivity index (χ0v) is 10.6. The molecule has 5 heteroatoms. The van der Waals surface area contributed by atoms with Crippen molar-refractivity contribution >= 4 is 0 Å². The Kier molecular flexibility index (Phi) is 4.67. The van der Waals surface area contributed by atoms with Gasteiger partial charge in [0.25, 0.3) is 0 Å². The van der Waals surface area contributed by atoms with E-state index in [0.717, 1.165) is 6.42 Å². The normalized spacial score (nSPS) is 16.2. The minimum absolute atomic E-state index is 0.359. The average Bonchev–Trinajstić information content (AvgIpc) is 2.79. The van der Waals surface area contributed by atoms with E-state index in [1.807, 2.05) is 20.8 Å². The maximum absolute atomic E-state index is 5.80. The molecular formula is C12H19N3O2. The number of rotatable bonds is 6. The van der Waals surface area contributed by atoms with Gasteiger partial charge >= 0.3 is 0 Å². The molecule has 94 valence electrons. The van der Waals surface area contributed by atoms with E-state index in [1.165, 1.54) is 0 Å². The largest absolute Gasteiger partial charge is 0.367 e. The average molecular weight is 237 g/mol. The second-order valence-electron chi connectivity index (χ2n) is 3.99. The summed E-state index contributed by atoms with van der Waals surface area (Å²) in [5.41, 5.74) is 5.26. The molecule has 1 rings (SSSR count). The minimum atomic E-state index is -0.535. The molecule has 2 unspecified atom stereocenters. The molecule has 5 nitrogen and oxygen atoms in total. The Morgan fingerprint density at radius 2 is 2.29 bits per heavy atom. The van der Waals surface area contributed by atoms with Gasteiger partial charge in [0, 0.05) is 13.0 Å². The summed E-state index contributed by atoms with van der Waals surface area (Å²) in [6.07, 6.45) is 6.32.